The maximum absolute atomic E-state index is 15.8. The van der Waals surface area contributed by atoms with E-state index in [1.165, 1.54) is 36.1 Å². The summed E-state index contributed by atoms with van der Waals surface area (Å²) in [6.07, 6.45) is 7.78. The third kappa shape index (κ3) is 4.13. The molecule has 1 saturated heterocycles. The Kier molecular flexibility index (Phi) is 6.82. The summed E-state index contributed by atoms with van der Waals surface area (Å²) in [6, 6.07) is 8.95. The van der Waals surface area contributed by atoms with Crippen LogP contribution < -0.4 is 4.90 Å². The Bertz CT molecular complexity index is 1290. The molecule has 6 atom stereocenters. The van der Waals surface area contributed by atoms with Gasteiger partial charge in [-0.05, 0) is 110 Å². The van der Waals surface area contributed by atoms with Gasteiger partial charge in [0, 0.05) is 31.1 Å². The van der Waals surface area contributed by atoms with Gasteiger partial charge in [-0.3, -0.25) is 9.59 Å². The van der Waals surface area contributed by atoms with E-state index in [9.17, 15) is 14.7 Å². The van der Waals surface area contributed by atoms with Crippen LogP contribution in [0.25, 0.3) is 0 Å². The van der Waals surface area contributed by atoms with Crippen molar-refractivity contribution >= 4 is 17.3 Å². The van der Waals surface area contributed by atoms with Gasteiger partial charge in [0.05, 0.1) is 5.41 Å². The van der Waals surface area contributed by atoms with E-state index in [1.807, 2.05) is 0 Å². The van der Waals surface area contributed by atoms with Crippen LogP contribution in [0.2, 0.25) is 0 Å². The first-order chi connectivity index (χ1) is 18.8. The summed E-state index contributed by atoms with van der Waals surface area (Å²) in [6.45, 7) is 5.75. The zero-order valence-electron chi connectivity index (χ0n) is 23.3. The van der Waals surface area contributed by atoms with E-state index < -0.39 is 17.0 Å². The van der Waals surface area contributed by atoms with Crippen molar-refractivity contribution in [2.24, 2.45) is 22.7 Å². The van der Waals surface area contributed by atoms with Crippen LogP contribution in [0.4, 0.5) is 10.1 Å². The molecule has 1 aromatic rings. The molecule has 4 nitrogen and oxygen atoms in total. The predicted molar refractivity (Wildman–Crippen MR) is 151 cm³/mol. The second kappa shape index (κ2) is 10.0. The Morgan fingerprint density at radius 2 is 1.90 bits per heavy atom. The predicted octanol–water partition coefficient (Wildman–Crippen LogP) is 6.10. The van der Waals surface area contributed by atoms with E-state index in [-0.39, 0.29) is 35.9 Å². The molecular formula is C34H40FNO3. The summed E-state index contributed by atoms with van der Waals surface area (Å²) < 4.78 is 15.8. The van der Waals surface area contributed by atoms with Gasteiger partial charge in [-0.25, -0.2) is 4.39 Å². The minimum absolute atomic E-state index is 0.0167. The number of hydrogen-bond donors (Lipinski definition) is 1. The van der Waals surface area contributed by atoms with Crippen LogP contribution in [0.3, 0.4) is 0 Å². The minimum atomic E-state index is -1.15. The lowest BCUT2D eigenvalue weighted by Crippen LogP contribution is -2.51. The summed E-state index contributed by atoms with van der Waals surface area (Å²) in [5, 5.41) is 9.56. The Morgan fingerprint density at radius 3 is 2.59 bits per heavy atom. The molecule has 1 aromatic carbocycles. The number of rotatable bonds is 3. The van der Waals surface area contributed by atoms with Crippen LogP contribution >= 0.6 is 0 Å². The highest BCUT2D eigenvalue weighted by Gasteiger charge is 2.65. The number of alkyl halides is 1. The van der Waals surface area contributed by atoms with Gasteiger partial charge in [-0.1, -0.05) is 36.5 Å². The zero-order valence-corrected chi connectivity index (χ0v) is 23.3. The minimum Gasteiger partial charge on any atom is -0.384 e. The lowest BCUT2D eigenvalue weighted by Gasteiger charge is -2.55. The van der Waals surface area contributed by atoms with Crippen molar-refractivity contribution < 1.29 is 19.1 Å². The summed E-state index contributed by atoms with van der Waals surface area (Å²) in [5.74, 6) is 6.37. The molecule has 2 saturated carbocycles. The van der Waals surface area contributed by atoms with Gasteiger partial charge >= 0.3 is 0 Å². The first-order valence-electron chi connectivity index (χ1n) is 14.9. The smallest absolute Gasteiger partial charge is 0.156 e. The molecule has 0 spiro atoms. The average molecular weight is 530 g/mol. The van der Waals surface area contributed by atoms with Crippen molar-refractivity contribution in [2.45, 2.75) is 83.7 Å². The highest BCUT2D eigenvalue weighted by Crippen LogP contribution is 2.69. The van der Waals surface area contributed by atoms with Crippen LogP contribution in [-0.2, 0) is 9.59 Å². The number of ketones is 2. The molecule has 2 unspecified atom stereocenters. The molecule has 4 aliphatic carbocycles. The largest absolute Gasteiger partial charge is 0.384 e. The van der Waals surface area contributed by atoms with Crippen molar-refractivity contribution in [3.8, 4) is 11.8 Å². The summed E-state index contributed by atoms with van der Waals surface area (Å²) in [7, 11) is 0. The number of piperidine rings is 1. The molecule has 0 amide bonds. The quantitative estimate of drug-likeness (QED) is 0.481. The van der Waals surface area contributed by atoms with E-state index in [4.69, 9.17) is 0 Å². The van der Waals surface area contributed by atoms with Gasteiger partial charge < -0.3 is 10.0 Å². The highest BCUT2D eigenvalue weighted by atomic mass is 19.1. The maximum Gasteiger partial charge on any atom is 0.156 e. The topological polar surface area (TPSA) is 57.6 Å². The number of aliphatic hydroxyl groups excluding tert-OH is 1. The van der Waals surface area contributed by atoms with E-state index in [1.54, 1.807) is 13.0 Å². The first-order valence-corrected chi connectivity index (χ1v) is 14.9. The third-order valence-corrected chi connectivity index (χ3v) is 10.9. The summed E-state index contributed by atoms with van der Waals surface area (Å²) in [4.78, 5) is 28.1. The van der Waals surface area contributed by atoms with E-state index in [0.29, 0.717) is 31.3 Å². The van der Waals surface area contributed by atoms with Gasteiger partial charge in [0.1, 0.15) is 18.6 Å². The van der Waals surface area contributed by atoms with Crippen LogP contribution in [-0.4, -0.2) is 42.5 Å². The van der Waals surface area contributed by atoms with Crippen molar-refractivity contribution in [1.29, 1.82) is 0 Å². The molecule has 0 aromatic heterocycles. The monoisotopic (exact) mass is 529 g/mol. The number of nitrogens with zero attached hydrogens (tertiary/aromatic N) is 1. The fraction of sp³-hybridized carbons (Fsp3) is 0.588. The maximum atomic E-state index is 15.8. The summed E-state index contributed by atoms with van der Waals surface area (Å²) in [5.41, 5.74) is 4.15. The number of Topliss-reactive ketones (excluding diaryl/α,β-unsaturated/α-hetero) is 1. The number of carbonyl (C=O) groups is 2. The highest BCUT2D eigenvalue weighted by molar-refractivity contribution is 5.93. The fourth-order valence-corrected chi connectivity index (χ4v) is 9.09. The van der Waals surface area contributed by atoms with E-state index >= 15 is 4.39 Å². The second-order valence-electron chi connectivity index (χ2n) is 12.7. The van der Waals surface area contributed by atoms with Crippen LogP contribution in [0.15, 0.2) is 47.1 Å². The average Bonchev–Trinajstić information content (AvgIpc) is 3.25. The molecule has 0 radical (unpaired) electrons. The molecule has 39 heavy (non-hydrogen) atoms. The number of fused-ring (bicyclic) bond motifs is 4. The molecule has 5 heteroatoms. The molecule has 6 rings (SSSR count). The number of halogens is 1. The molecule has 1 aliphatic heterocycles. The fourth-order valence-electron chi connectivity index (χ4n) is 9.09. The lowest BCUT2D eigenvalue weighted by atomic mass is 9.48. The number of anilines is 1. The van der Waals surface area contributed by atoms with Crippen LogP contribution in [0, 0.1) is 34.5 Å². The Balaban J connectivity index is 1.49. The van der Waals surface area contributed by atoms with Crippen LogP contribution in [0.1, 0.15) is 83.1 Å². The number of allylic oxidation sites excluding steroid dienone is 4. The lowest BCUT2D eigenvalue weighted by molar-refractivity contribution is -0.130. The molecule has 1 heterocycles. The molecule has 5 aliphatic rings. The van der Waals surface area contributed by atoms with Crippen LogP contribution in [0.5, 0.6) is 0 Å². The van der Waals surface area contributed by atoms with E-state index in [0.717, 1.165) is 31.5 Å². The zero-order chi connectivity index (χ0) is 27.4. The third-order valence-electron chi connectivity index (χ3n) is 10.9. The Labute approximate surface area is 231 Å². The second-order valence-corrected chi connectivity index (χ2v) is 12.7. The van der Waals surface area contributed by atoms with Crippen molar-refractivity contribution in [2.75, 3.05) is 24.6 Å². The van der Waals surface area contributed by atoms with Gasteiger partial charge in [0.25, 0.3) is 0 Å². The SMILES string of the molecule is CC(=O)[C@@]1(C#CCO)CC[C@H]2[C@@H]3CC(F)C4=CC(=O)CCC4=C3C(c3ccc(N4CCCCC4)cc3)C[C@@]21C. The van der Waals surface area contributed by atoms with Crippen molar-refractivity contribution in [1.82, 2.24) is 0 Å². The van der Waals surface area contributed by atoms with E-state index in [2.05, 4.69) is 47.9 Å². The normalized spacial score (nSPS) is 35.8. The first kappa shape index (κ1) is 26.5. The molecule has 0 bridgehead atoms. The Hall–Kier alpha value is -2.71. The van der Waals surface area contributed by atoms with Gasteiger partial charge in [0.15, 0.2) is 5.78 Å². The van der Waals surface area contributed by atoms with Gasteiger partial charge in [-0.15, -0.1) is 0 Å². The molecule has 3 fully saturated rings. The number of carbonyl (C=O) groups excluding carboxylic acids is 2. The van der Waals surface area contributed by atoms with Crippen molar-refractivity contribution in [3.63, 3.8) is 0 Å². The standard InChI is InChI=1S/C34H40FNO3/c1-22(38)34(14-6-18-37)15-13-30-28-20-31(35)27-19-25(39)11-12-26(27)32(28)29(21-33(30,34)2)23-7-9-24(10-8-23)36-16-4-3-5-17-36/h7-10,19,28-31,37H,3-5,11-13,15-18,20-21H2,1-2H3/t28-,29?,30-,31?,33-,34+/m0/s1. The molecular weight excluding hydrogens is 489 g/mol. The number of benzene rings is 1. The summed E-state index contributed by atoms with van der Waals surface area (Å²) >= 11 is 0. The number of aliphatic hydroxyl groups is 1. The molecule has 1 N–H and O–H groups in total. The van der Waals surface area contributed by atoms with Gasteiger partial charge in [0.2, 0.25) is 0 Å². The van der Waals surface area contributed by atoms with Gasteiger partial charge in [-0.2, -0.15) is 0 Å². The Morgan fingerprint density at radius 1 is 1.15 bits per heavy atom. The molecule has 206 valence electrons. The van der Waals surface area contributed by atoms with Crippen molar-refractivity contribution in [3.05, 3.63) is 52.6 Å². The number of hydrogen-bond acceptors (Lipinski definition) is 4.